The van der Waals surface area contributed by atoms with Gasteiger partial charge in [0.1, 0.15) is 11.6 Å². The van der Waals surface area contributed by atoms with Gasteiger partial charge in [-0.2, -0.15) is 0 Å². The first-order valence-electron chi connectivity index (χ1n) is 6.84. The summed E-state index contributed by atoms with van der Waals surface area (Å²) < 4.78 is 15.6. The van der Waals surface area contributed by atoms with Gasteiger partial charge in [0.15, 0.2) is 0 Å². The molecular weight excluding hydrogens is 270 g/mol. The zero-order chi connectivity index (χ0) is 15.7. The SMILES string of the molecule is COCCN(CCOC)Cc1ccc(C(=N)N)c(OC)c1. The molecule has 0 atom stereocenters. The topological polar surface area (TPSA) is 80.8 Å². The van der Waals surface area contributed by atoms with Crippen LogP contribution in [0.4, 0.5) is 0 Å². The second-order valence-corrected chi connectivity index (χ2v) is 4.71. The quantitative estimate of drug-likeness (QED) is 0.498. The van der Waals surface area contributed by atoms with Gasteiger partial charge in [-0.15, -0.1) is 0 Å². The molecule has 21 heavy (non-hydrogen) atoms. The number of methoxy groups -OCH3 is 3. The monoisotopic (exact) mass is 295 g/mol. The molecule has 1 rings (SSSR count). The van der Waals surface area contributed by atoms with Crippen molar-refractivity contribution in [3.63, 3.8) is 0 Å². The number of hydrogen-bond donors (Lipinski definition) is 2. The minimum absolute atomic E-state index is 0.00835. The number of nitrogen functional groups attached to an aromatic ring is 1. The van der Waals surface area contributed by atoms with Crippen LogP contribution >= 0.6 is 0 Å². The van der Waals surface area contributed by atoms with Gasteiger partial charge in [0.05, 0.1) is 25.9 Å². The smallest absolute Gasteiger partial charge is 0.130 e. The van der Waals surface area contributed by atoms with Crippen molar-refractivity contribution in [3.05, 3.63) is 29.3 Å². The van der Waals surface area contributed by atoms with E-state index < -0.39 is 0 Å². The van der Waals surface area contributed by atoms with Crippen molar-refractivity contribution in [2.24, 2.45) is 5.73 Å². The molecule has 0 saturated heterocycles. The van der Waals surface area contributed by atoms with Crippen molar-refractivity contribution in [3.8, 4) is 5.75 Å². The number of nitrogens with one attached hydrogen (secondary N) is 1. The van der Waals surface area contributed by atoms with E-state index in [-0.39, 0.29) is 5.84 Å². The second kappa shape index (κ2) is 9.33. The summed E-state index contributed by atoms with van der Waals surface area (Å²) in [7, 11) is 4.97. The van der Waals surface area contributed by atoms with Gasteiger partial charge < -0.3 is 19.9 Å². The highest BCUT2D eigenvalue weighted by Gasteiger charge is 2.10. The molecule has 0 aliphatic heterocycles. The molecule has 0 saturated carbocycles. The van der Waals surface area contributed by atoms with Gasteiger partial charge in [-0.05, 0) is 17.7 Å². The molecule has 0 bridgehead atoms. The van der Waals surface area contributed by atoms with Crippen molar-refractivity contribution in [2.45, 2.75) is 6.54 Å². The van der Waals surface area contributed by atoms with Crippen LogP contribution in [-0.2, 0) is 16.0 Å². The predicted octanol–water partition coefficient (Wildman–Crippen LogP) is 1.07. The third-order valence-electron chi connectivity index (χ3n) is 3.19. The highest BCUT2D eigenvalue weighted by Crippen LogP contribution is 2.20. The molecule has 1 aromatic rings. The van der Waals surface area contributed by atoms with Gasteiger partial charge >= 0.3 is 0 Å². The molecule has 0 aromatic heterocycles. The minimum atomic E-state index is 0.00835. The fourth-order valence-corrected chi connectivity index (χ4v) is 2.03. The van der Waals surface area contributed by atoms with E-state index in [2.05, 4.69) is 4.90 Å². The van der Waals surface area contributed by atoms with E-state index in [1.807, 2.05) is 18.2 Å². The van der Waals surface area contributed by atoms with Crippen LogP contribution in [0.3, 0.4) is 0 Å². The summed E-state index contributed by atoms with van der Waals surface area (Å²) in [6.07, 6.45) is 0. The van der Waals surface area contributed by atoms with Crippen molar-refractivity contribution in [1.29, 1.82) is 5.41 Å². The van der Waals surface area contributed by atoms with E-state index in [0.717, 1.165) is 25.2 Å². The van der Waals surface area contributed by atoms with E-state index >= 15 is 0 Å². The molecule has 6 heteroatoms. The van der Waals surface area contributed by atoms with E-state index in [4.69, 9.17) is 25.4 Å². The normalized spacial score (nSPS) is 10.9. The zero-order valence-electron chi connectivity index (χ0n) is 13.0. The standard InChI is InChI=1S/C15H25N3O3/c1-19-8-6-18(7-9-20-2)11-12-4-5-13(15(16)17)14(10-12)21-3/h4-5,10H,6-9,11H2,1-3H3,(H3,16,17). The highest BCUT2D eigenvalue weighted by molar-refractivity contribution is 5.97. The molecule has 0 unspecified atom stereocenters. The number of rotatable bonds is 10. The summed E-state index contributed by atoms with van der Waals surface area (Å²) >= 11 is 0. The fraction of sp³-hybridized carbons (Fsp3) is 0.533. The van der Waals surface area contributed by atoms with Crippen molar-refractivity contribution >= 4 is 5.84 Å². The summed E-state index contributed by atoms with van der Waals surface area (Å²) in [4.78, 5) is 2.25. The Kier molecular flexibility index (Phi) is 7.74. The summed E-state index contributed by atoms with van der Waals surface area (Å²) in [5, 5.41) is 7.53. The molecule has 0 fully saturated rings. The predicted molar refractivity (Wildman–Crippen MR) is 83.0 cm³/mol. The number of benzene rings is 1. The lowest BCUT2D eigenvalue weighted by molar-refractivity contribution is 0.110. The molecule has 6 nitrogen and oxygen atoms in total. The Morgan fingerprint density at radius 3 is 2.24 bits per heavy atom. The van der Waals surface area contributed by atoms with Gasteiger partial charge in [0.2, 0.25) is 0 Å². The van der Waals surface area contributed by atoms with E-state index in [9.17, 15) is 0 Å². The van der Waals surface area contributed by atoms with Crippen molar-refractivity contribution in [1.82, 2.24) is 4.90 Å². The maximum atomic E-state index is 7.53. The van der Waals surface area contributed by atoms with Crippen LogP contribution in [0.25, 0.3) is 0 Å². The van der Waals surface area contributed by atoms with Gasteiger partial charge in [0.25, 0.3) is 0 Å². The maximum absolute atomic E-state index is 7.53. The molecule has 1 aromatic carbocycles. The Balaban J connectivity index is 2.79. The Hall–Kier alpha value is -1.63. The number of nitrogens with two attached hydrogens (primary N) is 1. The molecular formula is C15H25N3O3. The van der Waals surface area contributed by atoms with Gasteiger partial charge in [-0.25, -0.2) is 0 Å². The third-order valence-corrected chi connectivity index (χ3v) is 3.19. The number of hydrogen-bond acceptors (Lipinski definition) is 5. The zero-order valence-corrected chi connectivity index (χ0v) is 13.0. The molecule has 3 N–H and O–H groups in total. The van der Waals surface area contributed by atoms with Crippen molar-refractivity contribution in [2.75, 3.05) is 47.6 Å². The number of nitrogens with zero attached hydrogens (tertiary/aromatic N) is 1. The highest BCUT2D eigenvalue weighted by atomic mass is 16.5. The van der Waals surface area contributed by atoms with Crippen LogP contribution in [0.1, 0.15) is 11.1 Å². The largest absolute Gasteiger partial charge is 0.496 e. The summed E-state index contributed by atoms with van der Waals surface area (Å²) in [5.74, 6) is 0.632. The molecule has 0 aliphatic carbocycles. The van der Waals surface area contributed by atoms with Gasteiger partial charge in [-0.3, -0.25) is 10.3 Å². The molecule has 0 amide bonds. The summed E-state index contributed by atoms with van der Waals surface area (Å²) in [5.41, 5.74) is 7.25. The third kappa shape index (κ3) is 5.71. The lowest BCUT2D eigenvalue weighted by Gasteiger charge is -2.22. The Bertz CT molecular complexity index is 444. The Morgan fingerprint density at radius 2 is 1.76 bits per heavy atom. The van der Waals surface area contributed by atoms with Crippen molar-refractivity contribution < 1.29 is 14.2 Å². The Labute approximate surface area is 126 Å². The fourth-order valence-electron chi connectivity index (χ4n) is 2.03. The van der Waals surface area contributed by atoms with Crippen LogP contribution in [0, 0.1) is 5.41 Å². The lowest BCUT2D eigenvalue weighted by Crippen LogP contribution is -2.30. The van der Waals surface area contributed by atoms with Crippen LogP contribution in [0.2, 0.25) is 0 Å². The number of amidine groups is 1. The van der Waals surface area contributed by atoms with Crippen LogP contribution in [0.15, 0.2) is 18.2 Å². The molecule has 0 aliphatic rings. The average molecular weight is 295 g/mol. The molecule has 0 heterocycles. The summed E-state index contributed by atoms with van der Waals surface area (Å²) in [6, 6.07) is 5.70. The number of ether oxygens (including phenoxy) is 3. The lowest BCUT2D eigenvalue weighted by atomic mass is 10.1. The molecule has 0 spiro atoms. The van der Waals surface area contributed by atoms with Gasteiger partial charge in [0, 0.05) is 33.9 Å². The first-order valence-corrected chi connectivity index (χ1v) is 6.84. The second-order valence-electron chi connectivity index (χ2n) is 4.71. The maximum Gasteiger partial charge on any atom is 0.130 e. The van der Waals surface area contributed by atoms with E-state index in [1.54, 1.807) is 21.3 Å². The van der Waals surface area contributed by atoms with E-state index in [1.165, 1.54) is 0 Å². The van der Waals surface area contributed by atoms with E-state index in [0.29, 0.717) is 24.5 Å². The van der Waals surface area contributed by atoms with Crippen LogP contribution < -0.4 is 10.5 Å². The van der Waals surface area contributed by atoms with Crippen LogP contribution in [-0.4, -0.2) is 58.4 Å². The first-order chi connectivity index (χ1) is 10.1. The average Bonchev–Trinajstić information content (AvgIpc) is 2.49. The summed E-state index contributed by atoms with van der Waals surface area (Å²) in [6.45, 7) is 3.77. The minimum Gasteiger partial charge on any atom is -0.496 e. The molecule has 0 radical (unpaired) electrons. The Morgan fingerprint density at radius 1 is 1.14 bits per heavy atom. The first kappa shape index (κ1) is 17.4. The van der Waals surface area contributed by atoms with Gasteiger partial charge in [-0.1, -0.05) is 6.07 Å². The van der Waals surface area contributed by atoms with Crippen LogP contribution in [0.5, 0.6) is 5.75 Å². The molecule has 118 valence electrons.